The summed E-state index contributed by atoms with van der Waals surface area (Å²) in [4.78, 5) is 14.9. The number of ketones is 1. The van der Waals surface area contributed by atoms with Gasteiger partial charge in [-0.05, 0) is 20.3 Å². The predicted molar refractivity (Wildman–Crippen MR) is 68.7 cm³/mol. The molecule has 1 rings (SSSR count). The van der Waals surface area contributed by atoms with Gasteiger partial charge in [0.15, 0.2) is 5.78 Å². The number of Topliss-reactive ketones (excluding diaryl/α,β-unsaturated/α-hetero) is 1. The van der Waals surface area contributed by atoms with Crippen molar-refractivity contribution in [3.05, 3.63) is 17.8 Å². The summed E-state index contributed by atoms with van der Waals surface area (Å²) in [6.45, 7) is 5.68. The van der Waals surface area contributed by atoms with Crippen LogP contribution in [0.1, 0.15) is 32.8 Å². The number of pyridine rings is 1. The van der Waals surface area contributed by atoms with Crippen molar-refractivity contribution in [2.75, 3.05) is 13.2 Å². The first-order valence-corrected chi connectivity index (χ1v) is 5.85. The Hall–Kier alpha value is -1.91. The van der Waals surface area contributed by atoms with Gasteiger partial charge in [0.1, 0.15) is 12.4 Å². The summed E-state index contributed by atoms with van der Waals surface area (Å²) in [5.41, 5.74) is 1.02. The summed E-state index contributed by atoms with van der Waals surface area (Å²) >= 11 is 0. The summed E-state index contributed by atoms with van der Waals surface area (Å²) in [5.74, 6) is 0.833. The van der Waals surface area contributed by atoms with Crippen LogP contribution in [0.25, 0.3) is 0 Å². The molecule has 0 radical (unpaired) electrons. The average molecular weight is 250 g/mol. The zero-order valence-electron chi connectivity index (χ0n) is 10.9. The highest BCUT2D eigenvalue weighted by Gasteiger charge is 2.09. The van der Waals surface area contributed by atoms with Gasteiger partial charge in [0.2, 0.25) is 5.88 Å². The molecule has 0 saturated carbocycles. The molecule has 1 aromatic heterocycles. The van der Waals surface area contributed by atoms with Gasteiger partial charge in [-0.15, -0.1) is 0 Å². The van der Waals surface area contributed by atoms with Crippen LogP contribution in [-0.4, -0.2) is 29.7 Å². The van der Waals surface area contributed by atoms with E-state index in [-0.39, 0.29) is 12.4 Å². The Morgan fingerprint density at radius 3 is 2.67 bits per heavy atom. The molecule has 0 aliphatic heterocycles. The summed E-state index contributed by atoms with van der Waals surface area (Å²) in [7, 11) is 0. The van der Waals surface area contributed by atoms with Crippen LogP contribution in [0.3, 0.4) is 0 Å². The van der Waals surface area contributed by atoms with Gasteiger partial charge in [0, 0.05) is 18.0 Å². The quantitative estimate of drug-likeness (QED) is 0.753. The Bertz CT molecular complexity index is 444. The van der Waals surface area contributed by atoms with Gasteiger partial charge in [-0.3, -0.25) is 4.79 Å². The largest absolute Gasteiger partial charge is 0.493 e. The minimum absolute atomic E-state index is 0.0108. The topological polar surface area (TPSA) is 72.3 Å². The third-order valence-corrected chi connectivity index (χ3v) is 2.13. The van der Waals surface area contributed by atoms with E-state index in [4.69, 9.17) is 14.9 Å². The second kappa shape index (κ2) is 6.74. The number of hydrogen-bond acceptors (Lipinski definition) is 5. The van der Waals surface area contributed by atoms with Crippen molar-refractivity contribution in [3.8, 4) is 11.6 Å². The van der Waals surface area contributed by atoms with Gasteiger partial charge < -0.3 is 14.9 Å². The molecular formula is C13H18N2O3. The predicted octanol–water partition coefficient (Wildman–Crippen LogP) is 2.23. The van der Waals surface area contributed by atoms with Crippen LogP contribution >= 0.6 is 0 Å². The highest BCUT2D eigenvalue weighted by molar-refractivity contribution is 5.98. The molecule has 5 nitrogen and oxygen atoms in total. The first-order chi connectivity index (χ1) is 8.54. The van der Waals surface area contributed by atoms with Crippen LogP contribution < -0.4 is 9.47 Å². The highest BCUT2D eigenvalue weighted by atomic mass is 16.5. The highest BCUT2D eigenvalue weighted by Crippen LogP contribution is 2.23. The van der Waals surface area contributed by atoms with Crippen LogP contribution in [0.2, 0.25) is 0 Å². The normalized spacial score (nSPS) is 9.94. The van der Waals surface area contributed by atoms with E-state index in [9.17, 15) is 4.79 Å². The molecule has 0 aliphatic carbocycles. The maximum atomic E-state index is 10.8. The number of carbonyl (C=O) groups is 1. The molecule has 5 heteroatoms. The third-order valence-electron chi connectivity index (χ3n) is 2.13. The summed E-state index contributed by atoms with van der Waals surface area (Å²) in [6.07, 6.45) is 2.41. The van der Waals surface area contributed by atoms with Gasteiger partial charge in [-0.2, -0.15) is 0 Å². The van der Waals surface area contributed by atoms with E-state index in [1.165, 1.54) is 13.1 Å². The van der Waals surface area contributed by atoms with E-state index in [1.54, 1.807) is 13.0 Å². The Morgan fingerprint density at radius 2 is 2.11 bits per heavy atom. The van der Waals surface area contributed by atoms with E-state index >= 15 is 0 Å². The maximum absolute atomic E-state index is 10.8. The zero-order valence-corrected chi connectivity index (χ0v) is 10.9. The first kappa shape index (κ1) is 14.2. The number of rotatable bonds is 7. The number of aromatic nitrogens is 1. The van der Waals surface area contributed by atoms with E-state index in [1.807, 2.05) is 6.92 Å². The molecule has 1 aromatic rings. The van der Waals surface area contributed by atoms with Crippen LogP contribution in [0.5, 0.6) is 11.6 Å². The summed E-state index contributed by atoms with van der Waals surface area (Å²) in [6, 6.07) is 1.62. The van der Waals surface area contributed by atoms with Crippen LogP contribution in [0.15, 0.2) is 12.3 Å². The summed E-state index contributed by atoms with van der Waals surface area (Å²) in [5, 5.41) is 7.64. The molecule has 1 N–H and O–H groups in total. The summed E-state index contributed by atoms with van der Waals surface area (Å²) < 4.78 is 10.8. The van der Waals surface area contributed by atoms with Gasteiger partial charge in [-0.25, -0.2) is 4.98 Å². The van der Waals surface area contributed by atoms with Crippen molar-refractivity contribution in [1.82, 2.24) is 4.98 Å². The lowest BCUT2D eigenvalue weighted by molar-refractivity contribution is -0.119. The van der Waals surface area contributed by atoms with Crippen LogP contribution in [-0.2, 0) is 4.79 Å². The number of nitrogens with zero attached hydrogens (tertiary/aromatic N) is 1. The lowest BCUT2D eigenvalue weighted by Gasteiger charge is -2.11. The Kier molecular flexibility index (Phi) is 5.30. The Morgan fingerprint density at radius 1 is 1.39 bits per heavy atom. The standard InChI is InChI=1S/C13H18N2O3/c1-4-5-17-12-6-13(18-8-9(2)16)15-7-11(12)10(3)14/h6-7,14H,4-5,8H2,1-3H3. The van der Waals surface area contributed by atoms with Gasteiger partial charge in [-0.1, -0.05) is 6.92 Å². The molecule has 98 valence electrons. The molecule has 18 heavy (non-hydrogen) atoms. The molecule has 0 aromatic carbocycles. The lowest BCUT2D eigenvalue weighted by Crippen LogP contribution is -2.09. The van der Waals surface area contributed by atoms with Crippen LogP contribution in [0.4, 0.5) is 0 Å². The van der Waals surface area contributed by atoms with Crippen molar-refractivity contribution in [1.29, 1.82) is 5.41 Å². The van der Waals surface area contributed by atoms with E-state index in [2.05, 4.69) is 4.98 Å². The van der Waals surface area contributed by atoms with Gasteiger partial charge in [0.25, 0.3) is 0 Å². The lowest BCUT2D eigenvalue weighted by atomic mass is 10.2. The smallest absolute Gasteiger partial charge is 0.217 e. The maximum Gasteiger partial charge on any atom is 0.217 e. The molecule has 0 bridgehead atoms. The van der Waals surface area contributed by atoms with Crippen molar-refractivity contribution in [3.63, 3.8) is 0 Å². The number of hydrogen-bond donors (Lipinski definition) is 1. The Labute approximate surface area is 107 Å². The fraction of sp³-hybridized carbons (Fsp3) is 0.462. The van der Waals surface area contributed by atoms with E-state index in [0.29, 0.717) is 29.5 Å². The van der Waals surface area contributed by atoms with Crippen molar-refractivity contribution >= 4 is 11.5 Å². The molecule has 0 amide bonds. The molecular weight excluding hydrogens is 232 g/mol. The van der Waals surface area contributed by atoms with Gasteiger partial charge >= 0.3 is 0 Å². The number of ether oxygens (including phenoxy) is 2. The molecule has 0 fully saturated rings. The second-order valence-corrected chi connectivity index (χ2v) is 3.98. The molecule has 1 heterocycles. The SMILES string of the molecule is CCCOc1cc(OCC(C)=O)ncc1C(C)=N. The fourth-order valence-corrected chi connectivity index (χ4v) is 1.29. The number of nitrogens with one attached hydrogen (secondary N) is 1. The molecule has 0 unspecified atom stereocenters. The number of carbonyl (C=O) groups excluding carboxylic acids is 1. The average Bonchev–Trinajstić information content (AvgIpc) is 2.33. The fourth-order valence-electron chi connectivity index (χ4n) is 1.29. The van der Waals surface area contributed by atoms with Crippen LogP contribution in [0, 0.1) is 5.41 Å². The van der Waals surface area contributed by atoms with Crippen molar-refractivity contribution in [2.45, 2.75) is 27.2 Å². The zero-order chi connectivity index (χ0) is 13.5. The molecule has 0 atom stereocenters. The minimum atomic E-state index is -0.0693. The second-order valence-electron chi connectivity index (χ2n) is 3.98. The first-order valence-electron chi connectivity index (χ1n) is 5.85. The van der Waals surface area contributed by atoms with E-state index < -0.39 is 0 Å². The van der Waals surface area contributed by atoms with E-state index in [0.717, 1.165) is 6.42 Å². The minimum Gasteiger partial charge on any atom is -0.493 e. The molecule has 0 aliphatic rings. The van der Waals surface area contributed by atoms with Crippen molar-refractivity contribution < 1.29 is 14.3 Å². The monoisotopic (exact) mass is 250 g/mol. The Balaban J connectivity index is 2.89. The van der Waals surface area contributed by atoms with Crippen molar-refractivity contribution in [2.24, 2.45) is 0 Å². The molecule has 0 saturated heterocycles. The molecule has 0 spiro atoms. The van der Waals surface area contributed by atoms with Gasteiger partial charge in [0.05, 0.1) is 12.2 Å². The third kappa shape index (κ3) is 4.16.